The Kier molecular flexibility index (Phi) is 19.2. The second-order valence-corrected chi connectivity index (χ2v) is 21.0. The Morgan fingerprint density at radius 1 is 0.671 bits per heavy atom. The first kappa shape index (κ1) is 57.2. The number of halogens is 5. The van der Waals surface area contributed by atoms with Crippen LogP contribution < -0.4 is 20.5 Å². The molecule has 0 spiro atoms. The van der Waals surface area contributed by atoms with E-state index in [2.05, 4.69) is 21.6 Å². The van der Waals surface area contributed by atoms with E-state index in [4.69, 9.17) is 66.7 Å². The van der Waals surface area contributed by atoms with Crippen LogP contribution in [0.2, 0.25) is 20.4 Å². The minimum atomic E-state index is -1.02. The number of nitrogens with zero attached hydrogens (tertiary/aromatic N) is 4. The first-order valence-corrected chi connectivity index (χ1v) is 26.5. The van der Waals surface area contributed by atoms with Crippen molar-refractivity contribution in [1.82, 2.24) is 24.9 Å². The van der Waals surface area contributed by atoms with E-state index in [1.165, 1.54) is 34.8 Å². The van der Waals surface area contributed by atoms with E-state index < -0.39 is 5.97 Å². The first-order valence-electron chi connectivity index (χ1n) is 23.4. The van der Waals surface area contributed by atoms with E-state index in [0.29, 0.717) is 67.3 Å². The number of carboxylic acids is 1. The van der Waals surface area contributed by atoms with Crippen molar-refractivity contribution in [3.05, 3.63) is 185 Å². The van der Waals surface area contributed by atoms with Crippen molar-refractivity contribution in [2.24, 2.45) is 5.73 Å². The van der Waals surface area contributed by atoms with Crippen molar-refractivity contribution in [1.29, 1.82) is 0 Å². The van der Waals surface area contributed by atoms with Crippen LogP contribution in [0.15, 0.2) is 121 Å². The molecule has 2 aliphatic heterocycles. The van der Waals surface area contributed by atoms with Gasteiger partial charge in [-0.2, -0.15) is 10.2 Å². The Bertz CT molecular complexity index is 3500. The van der Waals surface area contributed by atoms with Gasteiger partial charge in [0.05, 0.1) is 49.1 Å². The number of hydrogen-bond acceptors (Lipinski definition) is 11. The summed E-state index contributed by atoms with van der Waals surface area (Å²) in [4.78, 5) is 49.6. The number of ether oxygens (including phenoxy) is 2. The summed E-state index contributed by atoms with van der Waals surface area (Å²) >= 11 is 28.5. The SMILES string of the molecule is CC(=O)c1ccc(-c2cc(Cl)c3c(c2)CC(CN)O3)s1.CC(=O)c1ccc(-c2cc(Cl)c3c(c2)CC(CNC(=O)/C=C/c2c(C)nn(-c4ccccc4)c2Cl)O3)s1.Cc1nn(-c2ccccc2)c(Cl)c1/C=C/C(=O)O.Cl. The molecule has 20 heteroatoms. The highest BCUT2D eigenvalue weighted by atomic mass is 35.5. The zero-order valence-electron chi connectivity index (χ0n) is 41.2. The Hall–Kier alpha value is -6.53. The van der Waals surface area contributed by atoms with Gasteiger partial charge in [0.15, 0.2) is 11.6 Å². The number of benzene rings is 4. The number of hydrogen-bond donors (Lipinski definition) is 3. The lowest BCUT2D eigenvalue weighted by molar-refractivity contribution is -0.131. The van der Waals surface area contributed by atoms with Crippen LogP contribution in [-0.4, -0.2) is 73.4 Å². The van der Waals surface area contributed by atoms with Gasteiger partial charge in [0.2, 0.25) is 5.91 Å². The molecule has 4 N–H and O–H groups in total. The zero-order chi connectivity index (χ0) is 53.5. The van der Waals surface area contributed by atoms with Gasteiger partial charge >= 0.3 is 5.97 Å². The van der Waals surface area contributed by atoms with Crippen LogP contribution in [0.4, 0.5) is 0 Å². The summed E-state index contributed by atoms with van der Waals surface area (Å²) in [6.45, 7) is 7.57. The van der Waals surface area contributed by atoms with Crippen LogP contribution in [-0.2, 0) is 22.4 Å². The molecule has 0 aliphatic carbocycles. The van der Waals surface area contributed by atoms with Crippen molar-refractivity contribution in [3.8, 4) is 43.8 Å². The number of nitrogens with one attached hydrogen (secondary N) is 1. The summed E-state index contributed by atoms with van der Waals surface area (Å²) in [5, 5.41) is 22.3. The van der Waals surface area contributed by atoms with Crippen molar-refractivity contribution >= 4 is 117 Å². The number of carbonyl (C=O) groups is 4. The van der Waals surface area contributed by atoms with Crippen molar-refractivity contribution in [2.45, 2.75) is 52.7 Å². The number of aryl methyl sites for hydroxylation is 2. The van der Waals surface area contributed by atoms with Gasteiger partial charge in [-0.05, 0) is 124 Å². The molecule has 0 radical (unpaired) electrons. The van der Waals surface area contributed by atoms with E-state index in [1.54, 1.807) is 36.2 Å². The second kappa shape index (κ2) is 25.5. The summed E-state index contributed by atoms with van der Waals surface area (Å²) in [5.41, 5.74) is 14.1. The van der Waals surface area contributed by atoms with Crippen LogP contribution in [0.3, 0.4) is 0 Å². The zero-order valence-corrected chi connectivity index (χ0v) is 46.7. The number of Topliss-reactive ketones (excluding diaryl/α,β-unsaturated/α-hetero) is 2. The number of ketones is 2. The van der Waals surface area contributed by atoms with Crippen LogP contribution in [0.5, 0.6) is 11.5 Å². The maximum absolute atomic E-state index is 12.5. The molecule has 1 amide bonds. The van der Waals surface area contributed by atoms with Gasteiger partial charge in [-0.1, -0.05) is 82.8 Å². The van der Waals surface area contributed by atoms with Crippen molar-refractivity contribution in [3.63, 3.8) is 0 Å². The van der Waals surface area contributed by atoms with Gasteiger partial charge in [0.1, 0.15) is 34.0 Å². The maximum Gasteiger partial charge on any atom is 0.328 e. The molecule has 2 aliphatic rings. The van der Waals surface area contributed by atoms with E-state index in [0.717, 1.165) is 72.2 Å². The average molecular weight is 1160 g/mol. The van der Waals surface area contributed by atoms with Crippen LogP contribution in [0, 0.1) is 13.8 Å². The smallest absolute Gasteiger partial charge is 0.328 e. The fraction of sp³-hybridized carbons (Fsp3) is 0.179. The van der Waals surface area contributed by atoms with Gasteiger partial charge < -0.3 is 25.6 Å². The molecule has 0 fully saturated rings. The van der Waals surface area contributed by atoms with Gasteiger partial charge in [0.25, 0.3) is 0 Å². The fourth-order valence-corrected chi connectivity index (χ4v) is 11.2. The molecule has 0 bridgehead atoms. The number of aliphatic carboxylic acids is 1. The lowest BCUT2D eigenvalue weighted by atomic mass is 10.1. The predicted molar refractivity (Wildman–Crippen MR) is 307 cm³/mol. The second-order valence-electron chi connectivity index (χ2n) is 17.3. The van der Waals surface area contributed by atoms with Gasteiger partial charge in [0, 0.05) is 63.5 Å². The molecule has 0 saturated carbocycles. The molecule has 8 aromatic rings. The molecule has 6 heterocycles. The number of nitrogens with two attached hydrogens (primary N) is 1. The molecule has 392 valence electrons. The van der Waals surface area contributed by atoms with Gasteiger partial charge in [-0.3, -0.25) is 14.4 Å². The molecule has 10 rings (SSSR count). The average Bonchev–Trinajstić information content (AvgIpc) is 4.27. The minimum absolute atomic E-state index is 0. The molecule has 4 aromatic heterocycles. The monoisotopic (exact) mass is 1160 g/mol. The third-order valence-corrected chi connectivity index (χ3v) is 15.6. The fourth-order valence-electron chi connectivity index (χ4n) is 8.14. The summed E-state index contributed by atoms with van der Waals surface area (Å²) in [5.74, 6) is 0.232. The summed E-state index contributed by atoms with van der Waals surface area (Å²) < 4.78 is 15.0. The first-order chi connectivity index (χ1) is 36.0. The summed E-state index contributed by atoms with van der Waals surface area (Å²) in [6.07, 6.45) is 6.79. The van der Waals surface area contributed by atoms with Crippen molar-refractivity contribution < 1.29 is 33.8 Å². The Labute approximate surface area is 472 Å². The van der Waals surface area contributed by atoms with Crippen LogP contribution in [0.25, 0.3) is 44.4 Å². The van der Waals surface area contributed by atoms with E-state index >= 15 is 0 Å². The number of thiophene rings is 2. The minimum Gasteiger partial charge on any atom is -0.487 e. The van der Waals surface area contributed by atoms with E-state index in [-0.39, 0.29) is 42.1 Å². The topological polar surface area (TPSA) is 181 Å². The molecular weight excluding hydrogens is 1110 g/mol. The number of amides is 1. The number of carboxylic acid groups (broad SMARTS) is 1. The third-order valence-electron chi connectivity index (χ3n) is 11.8. The molecule has 4 aromatic carbocycles. The molecular formula is C56H49Cl5N6O7S2. The lowest BCUT2D eigenvalue weighted by Crippen LogP contribution is -2.33. The standard InChI is InChI=1S/C28H23Cl2N3O3S.C15H14ClNO2S.C13H11ClN2O2.ClH/c1-16-22(28(30)33(32-16)20-6-4-3-5-7-20)8-11-26(35)31-15-21-13-19-12-18(14-23(29)27(19)36-21)25-10-9-24(37-25)17(2)34;1-8(18)13-2-3-14(20-13)9-4-10-5-11(7-17)19-15(10)12(16)6-9;1-9-11(7-8-12(17)18)13(14)16(15-9)10-5-3-2-4-6-10;/h3-12,14,21H,13,15H2,1-2H3,(H,31,35);2-4,6,11H,5,7,17H2,1H3;2-8H,1H3,(H,17,18);1H/b11-8+;;8-7+;. The van der Waals surface area contributed by atoms with Crippen LogP contribution >= 0.6 is 81.5 Å². The van der Waals surface area contributed by atoms with Crippen molar-refractivity contribution in [2.75, 3.05) is 13.1 Å². The highest BCUT2D eigenvalue weighted by molar-refractivity contribution is 7.17. The Morgan fingerprint density at radius 3 is 1.53 bits per heavy atom. The molecule has 2 atom stereocenters. The molecule has 2 unspecified atom stereocenters. The molecule has 76 heavy (non-hydrogen) atoms. The normalized spacial score (nSPS) is 14.1. The van der Waals surface area contributed by atoms with E-state index in [1.807, 2.05) is 110 Å². The van der Waals surface area contributed by atoms with Gasteiger partial charge in [-0.15, -0.1) is 35.1 Å². The number of fused-ring (bicyclic) bond motifs is 2. The largest absolute Gasteiger partial charge is 0.487 e. The highest BCUT2D eigenvalue weighted by Crippen LogP contribution is 2.43. The number of aromatic nitrogens is 4. The third kappa shape index (κ3) is 13.5. The number of carbonyl (C=O) groups excluding carboxylic acids is 3. The molecule has 13 nitrogen and oxygen atoms in total. The highest BCUT2D eigenvalue weighted by Gasteiger charge is 2.28. The lowest BCUT2D eigenvalue weighted by Gasteiger charge is -2.11. The summed E-state index contributed by atoms with van der Waals surface area (Å²) in [6, 6.07) is 34.4. The predicted octanol–water partition coefficient (Wildman–Crippen LogP) is 13.4. The summed E-state index contributed by atoms with van der Waals surface area (Å²) in [7, 11) is 0. The Morgan fingerprint density at radius 2 is 1.11 bits per heavy atom. The van der Waals surface area contributed by atoms with Crippen LogP contribution in [0.1, 0.15) is 66.8 Å². The quantitative estimate of drug-likeness (QED) is 0.0742. The Balaban J connectivity index is 0.000000182. The number of rotatable bonds is 13. The van der Waals surface area contributed by atoms with Gasteiger partial charge in [-0.25, -0.2) is 14.2 Å². The molecule has 0 saturated heterocycles. The number of para-hydroxylation sites is 2. The maximum atomic E-state index is 12.5. The van der Waals surface area contributed by atoms with E-state index in [9.17, 15) is 19.2 Å².